The molecule has 1 unspecified atom stereocenters. The Morgan fingerprint density at radius 2 is 2.03 bits per heavy atom. The van der Waals surface area contributed by atoms with E-state index in [0.29, 0.717) is 22.4 Å². The topological polar surface area (TPSA) is 111 Å². The van der Waals surface area contributed by atoms with E-state index in [9.17, 15) is 14.6 Å². The van der Waals surface area contributed by atoms with Gasteiger partial charge in [0.05, 0.1) is 17.5 Å². The summed E-state index contributed by atoms with van der Waals surface area (Å²) in [5.74, 6) is -0.177. The van der Waals surface area contributed by atoms with Crippen LogP contribution in [0.3, 0.4) is 0 Å². The molecule has 11 heteroatoms. The molecule has 3 heterocycles. The lowest BCUT2D eigenvalue weighted by atomic mass is 9.99. The van der Waals surface area contributed by atoms with E-state index in [1.54, 1.807) is 22.9 Å². The molecule has 1 aliphatic heterocycles. The first-order valence-electron chi connectivity index (χ1n) is 9.06. The Labute approximate surface area is 175 Å². The fraction of sp³-hybridized carbons (Fsp3) is 0.368. The number of nitrogens with one attached hydrogen (secondary N) is 1. The van der Waals surface area contributed by atoms with Gasteiger partial charge in [-0.25, -0.2) is 19.8 Å². The van der Waals surface area contributed by atoms with Crippen molar-refractivity contribution in [1.82, 2.24) is 14.5 Å². The third-order valence-electron chi connectivity index (χ3n) is 5.08. The summed E-state index contributed by atoms with van der Waals surface area (Å²) >= 11 is 5.76. The molecule has 5 atom stereocenters. The van der Waals surface area contributed by atoms with Crippen molar-refractivity contribution in [2.75, 3.05) is 19.7 Å². The molecule has 3 aromatic rings. The van der Waals surface area contributed by atoms with Crippen LogP contribution in [0.4, 0.5) is 10.2 Å². The van der Waals surface area contributed by atoms with Gasteiger partial charge >= 0.3 is 0 Å². The van der Waals surface area contributed by atoms with Crippen molar-refractivity contribution in [2.24, 2.45) is 0 Å². The molecule has 0 aliphatic carbocycles. The van der Waals surface area contributed by atoms with Gasteiger partial charge in [0.1, 0.15) is 42.2 Å². The number of halogens is 2. The summed E-state index contributed by atoms with van der Waals surface area (Å²) in [6, 6.07) is 5.92. The van der Waals surface area contributed by atoms with Crippen LogP contribution < -0.4 is 5.48 Å². The van der Waals surface area contributed by atoms with E-state index < -0.39 is 36.5 Å². The molecule has 9 nitrogen and oxygen atoms in total. The van der Waals surface area contributed by atoms with Gasteiger partial charge in [-0.1, -0.05) is 17.7 Å². The van der Waals surface area contributed by atoms with Gasteiger partial charge in [0.2, 0.25) is 0 Å². The third-order valence-corrected chi connectivity index (χ3v) is 5.39. The Morgan fingerprint density at radius 1 is 1.23 bits per heavy atom. The van der Waals surface area contributed by atoms with Crippen LogP contribution in [-0.2, 0) is 14.3 Å². The van der Waals surface area contributed by atoms with Crippen LogP contribution in [-0.4, -0.2) is 57.3 Å². The van der Waals surface area contributed by atoms with Crippen molar-refractivity contribution < 1.29 is 28.9 Å². The van der Waals surface area contributed by atoms with E-state index in [-0.39, 0.29) is 5.02 Å². The van der Waals surface area contributed by atoms with Gasteiger partial charge < -0.3 is 24.3 Å². The van der Waals surface area contributed by atoms with Gasteiger partial charge in [-0.3, -0.25) is 4.84 Å². The smallest absolute Gasteiger partial charge is 0.164 e. The molecule has 0 amide bonds. The van der Waals surface area contributed by atoms with Crippen LogP contribution >= 0.6 is 11.6 Å². The Hall–Kier alpha value is -2.34. The molecule has 1 aromatic carbocycles. The summed E-state index contributed by atoms with van der Waals surface area (Å²) in [6.07, 6.45) is -2.34. The first kappa shape index (κ1) is 20.9. The summed E-state index contributed by atoms with van der Waals surface area (Å²) in [4.78, 5) is 13.3. The molecule has 3 N–H and O–H groups in total. The van der Waals surface area contributed by atoms with E-state index in [4.69, 9.17) is 25.9 Å². The molecule has 2 aromatic heterocycles. The minimum absolute atomic E-state index is 0.0293. The lowest BCUT2D eigenvalue weighted by molar-refractivity contribution is -0.0975. The fourth-order valence-electron chi connectivity index (χ4n) is 3.67. The highest BCUT2D eigenvalue weighted by Crippen LogP contribution is 2.39. The average molecular weight is 439 g/mol. The summed E-state index contributed by atoms with van der Waals surface area (Å²) in [6.45, 7) is 0. The number of rotatable bonds is 6. The maximum absolute atomic E-state index is 13.9. The van der Waals surface area contributed by atoms with Crippen molar-refractivity contribution in [1.29, 1.82) is 0 Å². The standard InChI is InChI=1S/C19H20ClFN4O5/c1-28-15(9-3-4-11(20)12(21)7-9)16-13(26)14(27)19(30-16)25-6-5-10-17(24-29-2)22-8-23-18(10)25/h3-8,13-16,19,26-27H,1-2H3,(H,22,23,24)/t13-,14+,15?,16-,19+/m0/s1. The molecule has 0 radical (unpaired) electrons. The molecule has 1 fully saturated rings. The van der Waals surface area contributed by atoms with Crippen molar-refractivity contribution in [2.45, 2.75) is 30.6 Å². The van der Waals surface area contributed by atoms with Gasteiger partial charge in [0.25, 0.3) is 0 Å². The zero-order valence-corrected chi connectivity index (χ0v) is 16.8. The number of aliphatic hydroxyl groups excluding tert-OH is 2. The highest BCUT2D eigenvalue weighted by Gasteiger charge is 2.48. The van der Waals surface area contributed by atoms with Crippen LogP contribution in [0.1, 0.15) is 17.9 Å². The van der Waals surface area contributed by atoms with E-state index in [2.05, 4.69) is 15.4 Å². The molecule has 1 aliphatic rings. The molecule has 160 valence electrons. The van der Waals surface area contributed by atoms with Gasteiger partial charge in [-0.05, 0) is 23.8 Å². The zero-order chi connectivity index (χ0) is 21.4. The summed E-state index contributed by atoms with van der Waals surface area (Å²) in [5.41, 5.74) is 3.54. The highest BCUT2D eigenvalue weighted by molar-refractivity contribution is 6.30. The van der Waals surface area contributed by atoms with Crippen LogP contribution in [0.5, 0.6) is 0 Å². The van der Waals surface area contributed by atoms with E-state index in [1.165, 1.54) is 32.7 Å². The largest absolute Gasteiger partial charge is 0.387 e. The number of fused-ring (bicyclic) bond motifs is 1. The predicted octanol–water partition coefficient (Wildman–Crippen LogP) is 2.20. The SMILES string of the molecule is CONc1ncnc2c1ccn2[C@@H]1O[C@H](C(OC)c2ccc(Cl)c(F)c2)[C@@H](O)[C@H]1O. The van der Waals surface area contributed by atoms with Gasteiger partial charge in [0.15, 0.2) is 12.0 Å². The number of hydrogen-bond donors (Lipinski definition) is 3. The summed E-state index contributed by atoms with van der Waals surface area (Å²) in [5, 5.41) is 22.0. The van der Waals surface area contributed by atoms with Crippen molar-refractivity contribution >= 4 is 28.5 Å². The Kier molecular flexibility index (Phi) is 5.87. The monoisotopic (exact) mass is 438 g/mol. The molecule has 0 bridgehead atoms. The number of methoxy groups -OCH3 is 1. The lowest BCUT2D eigenvalue weighted by Crippen LogP contribution is -2.35. The number of aliphatic hydroxyl groups is 2. The third kappa shape index (κ3) is 3.51. The quantitative estimate of drug-likeness (QED) is 0.502. The second-order valence-electron chi connectivity index (χ2n) is 6.79. The minimum Gasteiger partial charge on any atom is -0.387 e. The van der Waals surface area contributed by atoms with Gasteiger partial charge in [0, 0.05) is 13.3 Å². The number of anilines is 1. The first-order chi connectivity index (χ1) is 14.5. The van der Waals surface area contributed by atoms with Crippen molar-refractivity contribution in [3.05, 3.63) is 53.2 Å². The lowest BCUT2D eigenvalue weighted by Gasteiger charge is -2.25. The molecule has 0 saturated carbocycles. The molecule has 1 saturated heterocycles. The van der Waals surface area contributed by atoms with Crippen molar-refractivity contribution in [3.63, 3.8) is 0 Å². The molecule has 30 heavy (non-hydrogen) atoms. The molecule has 4 rings (SSSR count). The van der Waals surface area contributed by atoms with Crippen LogP contribution in [0.2, 0.25) is 5.02 Å². The Bertz CT molecular complexity index is 1050. The van der Waals surface area contributed by atoms with Crippen molar-refractivity contribution in [3.8, 4) is 0 Å². The van der Waals surface area contributed by atoms with E-state index in [0.717, 1.165) is 0 Å². The van der Waals surface area contributed by atoms with Gasteiger partial charge in [-0.2, -0.15) is 0 Å². The number of nitrogens with zero attached hydrogens (tertiary/aromatic N) is 3. The maximum Gasteiger partial charge on any atom is 0.164 e. The normalized spacial score (nSPS) is 25.0. The van der Waals surface area contributed by atoms with E-state index >= 15 is 0 Å². The second-order valence-corrected chi connectivity index (χ2v) is 7.20. The number of hydrogen-bond acceptors (Lipinski definition) is 8. The summed E-state index contributed by atoms with van der Waals surface area (Å²) in [7, 11) is 2.87. The number of benzene rings is 1. The highest BCUT2D eigenvalue weighted by atomic mass is 35.5. The van der Waals surface area contributed by atoms with Gasteiger partial charge in [-0.15, -0.1) is 0 Å². The maximum atomic E-state index is 13.9. The minimum atomic E-state index is -1.30. The summed E-state index contributed by atoms with van der Waals surface area (Å²) < 4.78 is 27.0. The number of aromatic nitrogens is 3. The first-order valence-corrected chi connectivity index (χ1v) is 9.44. The van der Waals surface area contributed by atoms with Crippen LogP contribution in [0.15, 0.2) is 36.8 Å². The van der Waals surface area contributed by atoms with E-state index in [1.807, 2.05) is 0 Å². The Morgan fingerprint density at radius 3 is 2.73 bits per heavy atom. The Balaban J connectivity index is 1.67. The predicted molar refractivity (Wildman–Crippen MR) is 105 cm³/mol. The van der Waals surface area contributed by atoms with Crippen LogP contribution in [0.25, 0.3) is 11.0 Å². The average Bonchev–Trinajstić information content (AvgIpc) is 3.28. The molecular formula is C19H20ClFN4O5. The molecular weight excluding hydrogens is 419 g/mol. The molecule has 0 spiro atoms. The second kappa shape index (κ2) is 8.42. The zero-order valence-electron chi connectivity index (χ0n) is 16.1. The number of ether oxygens (including phenoxy) is 2. The van der Waals surface area contributed by atoms with Crippen LogP contribution in [0, 0.1) is 5.82 Å². The fourth-order valence-corrected chi connectivity index (χ4v) is 3.79.